The molecule has 1 aliphatic carbocycles. The molecule has 2 aromatic rings. The van der Waals surface area contributed by atoms with Gasteiger partial charge in [0.15, 0.2) is 0 Å². The van der Waals surface area contributed by atoms with Gasteiger partial charge in [-0.2, -0.15) is 0 Å². The van der Waals surface area contributed by atoms with Crippen LogP contribution in [0.1, 0.15) is 55.1 Å². The van der Waals surface area contributed by atoms with Crippen LogP contribution in [0.3, 0.4) is 0 Å². The predicted octanol–water partition coefficient (Wildman–Crippen LogP) is 1.95. The number of piperazine rings is 1. The van der Waals surface area contributed by atoms with Gasteiger partial charge in [-0.25, -0.2) is 0 Å². The normalized spacial score (nSPS) is 17.3. The highest BCUT2D eigenvalue weighted by Gasteiger charge is 2.36. The number of aromatic nitrogens is 1. The number of amides is 3. The van der Waals surface area contributed by atoms with Crippen molar-refractivity contribution in [1.82, 2.24) is 25.0 Å². The van der Waals surface area contributed by atoms with E-state index in [-0.39, 0.29) is 36.3 Å². The maximum atomic E-state index is 13.7. The Morgan fingerprint density at radius 3 is 2.17 bits per heavy atom. The molecule has 4 rings (SSSR count). The summed E-state index contributed by atoms with van der Waals surface area (Å²) in [4.78, 5) is 43.6. The lowest BCUT2D eigenvalue weighted by Gasteiger charge is -2.39. The topological polar surface area (TPSA) is 135 Å². The van der Waals surface area contributed by atoms with Gasteiger partial charge in [-0.15, -0.1) is 0 Å². The minimum absolute atomic E-state index is 0.0105. The number of aliphatic hydroxyl groups excluding tert-OH is 1. The van der Waals surface area contributed by atoms with Crippen molar-refractivity contribution in [3.05, 3.63) is 35.5 Å². The summed E-state index contributed by atoms with van der Waals surface area (Å²) in [7, 11) is 1.74. The number of aryl methyl sites for hydroxylation is 1. The summed E-state index contributed by atoms with van der Waals surface area (Å²) in [6.07, 6.45) is 5.21. The third-order valence-corrected chi connectivity index (χ3v) is 9.18. The lowest BCUT2D eigenvalue weighted by molar-refractivity contribution is -0.140. The number of ether oxygens (including phenoxy) is 3. The van der Waals surface area contributed by atoms with E-state index in [9.17, 15) is 14.4 Å². The molecule has 12 heteroatoms. The van der Waals surface area contributed by atoms with Crippen molar-refractivity contribution in [2.75, 3.05) is 79.5 Å². The number of nitrogens with zero attached hydrogens (tertiary/aromatic N) is 3. The molecule has 1 aliphatic heterocycles. The van der Waals surface area contributed by atoms with Gasteiger partial charge in [0, 0.05) is 54.9 Å². The fraction of sp³-hybridized carbons (Fsp3) is 0.676. The van der Waals surface area contributed by atoms with E-state index in [2.05, 4.69) is 28.2 Å². The Morgan fingerprint density at radius 2 is 1.52 bits per heavy atom. The molecule has 3 amide bonds. The van der Waals surface area contributed by atoms with Crippen LogP contribution in [-0.2, 0) is 30.3 Å². The van der Waals surface area contributed by atoms with Gasteiger partial charge in [0.05, 0.1) is 52.3 Å². The molecule has 0 spiro atoms. The third kappa shape index (κ3) is 9.74. The highest BCUT2D eigenvalue weighted by atomic mass is 16.5. The number of benzene rings is 1. The number of hydrogen-bond donors (Lipinski definition) is 3. The van der Waals surface area contributed by atoms with E-state index < -0.39 is 6.04 Å². The van der Waals surface area contributed by atoms with Crippen LogP contribution in [0.2, 0.25) is 0 Å². The molecule has 2 aliphatic rings. The second kappa shape index (κ2) is 18.3. The maximum Gasteiger partial charge on any atom is 0.253 e. The molecule has 1 saturated heterocycles. The number of rotatable bonds is 17. The van der Waals surface area contributed by atoms with Gasteiger partial charge in [-0.1, -0.05) is 19.3 Å². The summed E-state index contributed by atoms with van der Waals surface area (Å²) in [5.74, 6) is -0.0840. The first kappa shape index (κ1) is 35.8. The molecule has 1 aromatic carbocycles. The number of carbonyl (C=O) groups is 3. The number of likely N-dealkylation sites (N-methyl/N-ethyl adjacent to an activating group) is 1. The van der Waals surface area contributed by atoms with Crippen LogP contribution in [-0.4, -0.2) is 129 Å². The SMILES string of the molecule is CNC(C)C(=O)NC(C(=O)N1CCN(C(=O)c2ccc3c(c2)cc(C)n3CCOCCOCCOCCO)CC1)C1CCCCC1. The standard InChI is InChI=1S/C34H53N5O7/c1-25-23-29-24-28(9-10-30(29)39(25)15-17-44-19-21-46-22-20-45-18-16-40)33(42)37-11-13-38(14-12-37)34(43)31(27-7-5-4-6-8-27)36-32(41)26(2)35-3/h9-10,23-24,26-27,31,35,40H,4-8,11-22H2,1-3H3,(H,36,41). The summed E-state index contributed by atoms with van der Waals surface area (Å²) in [5.41, 5.74) is 2.78. The van der Waals surface area contributed by atoms with Gasteiger partial charge in [-0.05, 0) is 63.9 Å². The molecule has 1 saturated carbocycles. The molecule has 1 aromatic heterocycles. The monoisotopic (exact) mass is 643 g/mol. The van der Waals surface area contributed by atoms with E-state index >= 15 is 0 Å². The van der Waals surface area contributed by atoms with Crippen molar-refractivity contribution >= 4 is 28.6 Å². The van der Waals surface area contributed by atoms with Crippen molar-refractivity contribution in [2.45, 2.75) is 64.6 Å². The first-order valence-electron chi connectivity index (χ1n) is 16.8. The summed E-state index contributed by atoms with van der Waals surface area (Å²) < 4.78 is 18.6. The lowest BCUT2D eigenvalue weighted by Crippen LogP contribution is -2.59. The zero-order valence-corrected chi connectivity index (χ0v) is 27.8. The Balaban J connectivity index is 1.28. The molecular weight excluding hydrogens is 590 g/mol. The predicted molar refractivity (Wildman–Crippen MR) is 176 cm³/mol. The van der Waals surface area contributed by atoms with Gasteiger partial charge in [0.25, 0.3) is 5.91 Å². The molecule has 2 atom stereocenters. The minimum atomic E-state index is -0.526. The molecule has 2 heterocycles. The molecule has 12 nitrogen and oxygen atoms in total. The first-order valence-corrected chi connectivity index (χ1v) is 16.8. The smallest absolute Gasteiger partial charge is 0.253 e. The van der Waals surface area contributed by atoms with Crippen molar-refractivity contribution < 1.29 is 33.7 Å². The number of hydrogen-bond acceptors (Lipinski definition) is 8. The summed E-state index contributed by atoms with van der Waals surface area (Å²) >= 11 is 0. The lowest BCUT2D eigenvalue weighted by atomic mass is 9.83. The van der Waals surface area contributed by atoms with Crippen LogP contribution < -0.4 is 10.6 Å². The third-order valence-electron chi connectivity index (χ3n) is 9.18. The fourth-order valence-electron chi connectivity index (χ4n) is 6.37. The van der Waals surface area contributed by atoms with Gasteiger partial charge < -0.3 is 44.3 Å². The first-order chi connectivity index (χ1) is 22.3. The molecule has 46 heavy (non-hydrogen) atoms. The quantitative estimate of drug-likeness (QED) is 0.223. The largest absolute Gasteiger partial charge is 0.394 e. The van der Waals surface area contributed by atoms with Crippen LogP contribution >= 0.6 is 0 Å². The maximum absolute atomic E-state index is 13.7. The highest BCUT2D eigenvalue weighted by molar-refractivity contribution is 5.98. The summed E-state index contributed by atoms with van der Waals surface area (Å²) in [6.45, 7) is 9.11. The van der Waals surface area contributed by atoms with Crippen molar-refractivity contribution in [1.29, 1.82) is 0 Å². The van der Waals surface area contributed by atoms with Gasteiger partial charge in [-0.3, -0.25) is 14.4 Å². The fourth-order valence-corrected chi connectivity index (χ4v) is 6.37. The van der Waals surface area contributed by atoms with E-state index in [1.165, 1.54) is 6.42 Å². The highest BCUT2D eigenvalue weighted by Crippen LogP contribution is 2.28. The molecule has 2 unspecified atom stereocenters. The van der Waals surface area contributed by atoms with Crippen LogP contribution in [0.25, 0.3) is 10.9 Å². The van der Waals surface area contributed by atoms with E-state index in [1.807, 2.05) is 28.0 Å². The van der Waals surface area contributed by atoms with Crippen LogP contribution in [0.15, 0.2) is 24.3 Å². The number of aliphatic hydroxyl groups is 1. The second-order valence-electron chi connectivity index (χ2n) is 12.3. The molecule has 2 fully saturated rings. The summed E-state index contributed by atoms with van der Waals surface area (Å²) in [5, 5.41) is 15.7. The van der Waals surface area contributed by atoms with Crippen LogP contribution in [0.4, 0.5) is 0 Å². The zero-order chi connectivity index (χ0) is 32.9. The average Bonchev–Trinajstić information content (AvgIpc) is 3.40. The van der Waals surface area contributed by atoms with Crippen molar-refractivity contribution in [3.8, 4) is 0 Å². The molecule has 3 N–H and O–H groups in total. The number of fused-ring (bicyclic) bond motifs is 1. The molecule has 0 radical (unpaired) electrons. The Morgan fingerprint density at radius 1 is 0.891 bits per heavy atom. The Bertz CT molecular complexity index is 1270. The molecule has 256 valence electrons. The molecule has 0 bridgehead atoms. The van der Waals surface area contributed by atoms with Crippen molar-refractivity contribution in [3.63, 3.8) is 0 Å². The van der Waals surface area contributed by atoms with Crippen LogP contribution in [0, 0.1) is 12.8 Å². The average molecular weight is 644 g/mol. The Labute approximate surface area is 272 Å². The van der Waals surface area contributed by atoms with Gasteiger partial charge >= 0.3 is 0 Å². The van der Waals surface area contributed by atoms with Gasteiger partial charge in [0.1, 0.15) is 6.04 Å². The van der Waals surface area contributed by atoms with E-state index in [4.69, 9.17) is 19.3 Å². The van der Waals surface area contributed by atoms with Crippen LogP contribution in [0.5, 0.6) is 0 Å². The summed E-state index contributed by atoms with van der Waals surface area (Å²) in [6, 6.07) is 7.01. The zero-order valence-electron chi connectivity index (χ0n) is 27.8. The number of nitrogens with one attached hydrogen (secondary N) is 2. The minimum Gasteiger partial charge on any atom is -0.394 e. The molecular formula is C34H53N5O7. The van der Waals surface area contributed by atoms with E-state index in [1.54, 1.807) is 14.0 Å². The van der Waals surface area contributed by atoms with Gasteiger partial charge in [0.2, 0.25) is 11.8 Å². The van der Waals surface area contributed by atoms with E-state index in [0.29, 0.717) is 77.9 Å². The number of carbonyl (C=O) groups excluding carboxylic acids is 3. The Kier molecular flexibility index (Phi) is 14.3. The Hall–Kier alpha value is -3.03. The second-order valence-corrected chi connectivity index (χ2v) is 12.3. The van der Waals surface area contributed by atoms with E-state index in [0.717, 1.165) is 42.3 Å². The van der Waals surface area contributed by atoms with Crippen molar-refractivity contribution in [2.24, 2.45) is 5.92 Å².